The van der Waals surface area contributed by atoms with Gasteiger partial charge in [-0.25, -0.2) is 4.39 Å². The van der Waals surface area contributed by atoms with Crippen molar-refractivity contribution >= 4 is 52.3 Å². The number of carbonyl (C=O) groups excluding carboxylic acids is 3. The van der Waals surface area contributed by atoms with E-state index in [2.05, 4.69) is 21.3 Å². The van der Waals surface area contributed by atoms with Gasteiger partial charge < -0.3 is 16.0 Å². The SMILES string of the molecule is CC(C)NC(=O)c1ccc(NC(=O)[C@@H]2NC3(CCCCC3)[C@@]3(C(=O)Nc4cc(Cl)ccc43)[C@H]2c2cccc(Cl)c2F)cc1. The van der Waals surface area contributed by atoms with E-state index in [4.69, 9.17) is 23.2 Å². The van der Waals surface area contributed by atoms with Gasteiger partial charge in [0.15, 0.2) is 0 Å². The van der Waals surface area contributed by atoms with Crippen LogP contribution >= 0.6 is 23.2 Å². The maximum Gasteiger partial charge on any atom is 0.251 e. The Morgan fingerprint density at radius 1 is 1.00 bits per heavy atom. The monoisotopic (exact) mass is 622 g/mol. The molecule has 3 aromatic rings. The summed E-state index contributed by atoms with van der Waals surface area (Å²) < 4.78 is 16.0. The van der Waals surface area contributed by atoms with Gasteiger partial charge in [0, 0.05) is 39.5 Å². The van der Waals surface area contributed by atoms with Crippen LogP contribution in [0.3, 0.4) is 0 Å². The van der Waals surface area contributed by atoms with Gasteiger partial charge in [-0.1, -0.05) is 60.7 Å². The molecule has 0 bridgehead atoms. The number of amides is 3. The lowest BCUT2D eigenvalue weighted by molar-refractivity contribution is -0.124. The van der Waals surface area contributed by atoms with Gasteiger partial charge in [-0.2, -0.15) is 0 Å². The van der Waals surface area contributed by atoms with Gasteiger partial charge in [0.25, 0.3) is 5.91 Å². The Balaban J connectivity index is 1.47. The first-order valence-corrected chi connectivity index (χ1v) is 15.4. The minimum Gasteiger partial charge on any atom is -0.350 e. The van der Waals surface area contributed by atoms with Crippen molar-refractivity contribution in [1.82, 2.24) is 10.6 Å². The molecular weight excluding hydrogens is 590 g/mol. The first-order valence-electron chi connectivity index (χ1n) is 14.6. The third-order valence-electron chi connectivity index (χ3n) is 9.14. The molecule has 224 valence electrons. The van der Waals surface area contributed by atoms with Gasteiger partial charge >= 0.3 is 0 Å². The summed E-state index contributed by atoms with van der Waals surface area (Å²) in [5.74, 6) is -2.51. The van der Waals surface area contributed by atoms with Gasteiger partial charge in [0.2, 0.25) is 11.8 Å². The van der Waals surface area contributed by atoms with E-state index in [0.717, 1.165) is 19.3 Å². The van der Waals surface area contributed by atoms with Crippen LogP contribution in [-0.2, 0) is 15.0 Å². The fourth-order valence-corrected chi connectivity index (χ4v) is 7.84. The fraction of sp³-hybridized carbons (Fsp3) is 0.364. The minimum absolute atomic E-state index is 0.0162. The van der Waals surface area contributed by atoms with Gasteiger partial charge in [-0.15, -0.1) is 0 Å². The van der Waals surface area contributed by atoms with E-state index in [1.807, 2.05) is 19.9 Å². The van der Waals surface area contributed by atoms with E-state index >= 15 is 4.39 Å². The number of nitrogens with one attached hydrogen (secondary N) is 4. The molecule has 1 saturated carbocycles. The van der Waals surface area contributed by atoms with Crippen LogP contribution in [0.4, 0.5) is 15.8 Å². The quantitative estimate of drug-likeness (QED) is 0.259. The standard InChI is InChI=1S/C33H33Cl2FN4O3/c1-18(2)37-29(41)19-9-12-21(13-10-19)38-30(42)28-26(22-7-6-8-24(35)27(22)36)33(32(40-28)15-4-3-5-16-32)23-14-11-20(34)17-25(23)39-31(33)43/h6-14,17-18,26,28,40H,3-5,15-16H2,1-2H3,(H,37,41)(H,38,42)(H,39,43)/t26-,28+,33+/m0/s1. The van der Waals surface area contributed by atoms with Crippen LogP contribution < -0.4 is 21.3 Å². The molecule has 0 aromatic heterocycles. The maximum absolute atomic E-state index is 16.0. The normalized spacial score (nSPS) is 23.8. The van der Waals surface area contributed by atoms with Gasteiger partial charge in [-0.3, -0.25) is 19.7 Å². The number of halogens is 3. The highest BCUT2D eigenvalue weighted by molar-refractivity contribution is 6.31. The summed E-state index contributed by atoms with van der Waals surface area (Å²) in [6.07, 6.45) is 3.96. The third kappa shape index (κ3) is 4.80. The first kappa shape index (κ1) is 29.6. The Bertz CT molecular complexity index is 1610. The van der Waals surface area contributed by atoms with Crippen molar-refractivity contribution < 1.29 is 18.8 Å². The van der Waals surface area contributed by atoms with E-state index in [0.29, 0.717) is 40.4 Å². The highest BCUT2D eigenvalue weighted by Gasteiger charge is 2.72. The van der Waals surface area contributed by atoms with Crippen LogP contribution in [0.15, 0.2) is 60.7 Å². The summed E-state index contributed by atoms with van der Waals surface area (Å²) in [5.41, 5.74) is 0.252. The summed E-state index contributed by atoms with van der Waals surface area (Å²) in [6, 6.07) is 15.6. The molecule has 0 radical (unpaired) electrons. The van der Waals surface area contributed by atoms with Crippen molar-refractivity contribution in [3.8, 4) is 0 Å². The number of anilines is 2. The van der Waals surface area contributed by atoms with Crippen molar-refractivity contribution in [2.75, 3.05) is 10.6 Å². The maximum atomic E-state index is 16.0. The lowest BCUT2D eigenvalue weighted by Crippen LogP contribution is -2.60. The number of hydrogen-bond donors (Lipinski definition) is 4. The zero-order valence-corrected chi connectivity index (χ0v) is 25.4. The second kappa shape index (κ2) is 11.2. The van der Waals surface area contributed by atoms with Gasteiger partial charge in [-0.05, 0) is 80.3 Å². The Kier molecular flexibility index (Phi) is 7.73. The molecule has 3 aromatic carbocycles. The van der Waals surface area contributed by atoms with Gasteiger partial charge in [0.05, 0.1) is 11.1 Å². The average Bonchev–Trinajstić information content (AvgIpc) is 3.42. The molecule has 2 fully saturated rings. The fourth-order valence-electron chi connectivity index (χ4n) is 7.49. The van der Waals surface area contributed by atoms with Crippen molar-refractivity contribution in [1.29, 1.82) is 0 Å². The topological polar surface area (TPSA) is 99.3 Å². The van der Waals surface area contributed by atoms with Crippen LogP contribution in [0.25, 0.3) is 0 Å². The highest BCUT2D eigenvalue weighted by Crippen LogP contribution is 2.62. The number of carbonyl (C=O) groups is 3. The number of hydrogen-bond acceptors (Lipinski definition) is 4. The molecule has 3 amide bonds. The van der Waals surface area contributed by atoms with Crippen molar-refractivity contribution in [3.05, 3.63) is 93.2 Å². The second-order valence-corrected chi connectivity index (χ2v) is 12.9. The Morgan fingerprint density at radius 2 is 1.72 bits per heavy atom. The number of benzene rings is 3. The predicted molar refractivity (Wildman–Crippen MR) is 166 cm³/mol. The molecule has 43 heavy (non-hydrogen) atoms. The molecule has 1 saturated heterocycles. The average molecular weight is 624 g/mol. The highest BCUT2D eigenvalue weighted by atomic mass is 35.5. The lowest BCUT2D eigenvalue weighted by Gasteiger charge is -2.47. The molecule has 2 heterocycles. The number of fused-ring (bicyclic) bond motifs is 3. The minimum atomic E-state index is -1.31. The van der Waals surface area contributed by atoms with Gasteiger partial charge in [0.1, 0.15) is 11.2 Å². The molecule has 2 aliphatic heterocycles. The number of rotatable bonds is 5. The molecule has 3 aliphatic rings. The van der Waals surface area contributed by atoms with E-state index < -0.39 is 34.6 Å². The smallest absolute Gasteiger partial charge is 0.251 e. The van der Waals surface area contributed by atoms with Crippen molar-refractivity contribution in [3.63, 3.8) is 0 Å². The summed E-state index contributed by atoms with van der Waals surface area (Å²) in [4.78, 5) is 41.1. The van der Waals surface area contributed by atoms with Crippen LogP contribution in [0.5, 0.6) is 0 Å². The van der Waals surface area contributed by atoms with Crippen molar-refractivity contribution in [2.45, 2.75) is 74.9 Å². The van der Waals surface area contributed by atoms with Crippen LogP contribution in [0.1, 0.15) is 73.4 Å². The molecule has 0 unspecified atom stereocenters. The largest absolute Gasteiger partial charge is 0.350 e. The van der Waals surface area contributed by atoms with Crippen LogP contribution in [0, 0.1) is 5.82 Å². The summed E-state index contributed by atoms with van der Waals surface area (Å²) in [7, 11) is 0. The Labute approximate surface area is 259 Å². The molecular formula is C33H33Cl2FN4O3. The summed E-state index contributed by atoms with van der Waals surface area (Å²) >= 11 is 12.6. The molecule has 4 N–H and O–H groups in total. The third-order valence-corrected chi connectivity index (χ3v) is 9.67. The van der Waals surface area contributed by atoms with Crippen LogP contribution in [-0.4, -0.2) is 35.3 Å². The predicted octanol–water partition coefficient (Wildman–Crippen LogP) is 6.56. The molecule has 10 heteroatoms. The van der Waals surface area contributed by atoms with E-state index in [-0.39, 0.29) is 28.4 Å². The van der Waals surface area contributed by atoms with E-state index in [9.17, 15) is 14.4 Å². The summed E-state index contributed by atoms with van der Waals surface area (Å²) in [6.45, 7) is 3.76. The second-order valence-electron chi connectivity index (χ2n) is 12.0. The molecule has 1 aliphatic carbocycles. The molecule has 2 spiro atoms. The van der Waals surface area contributed by atoms with E-state index in [1.54, 1.807) is 48.5 Å². The Hall–Kier alpha value is -3.46. The molecule has 6 rings (SSSR count). The molecule has 3 atom stereocenters. The zero-order valence-electron chi connectivity index (χ0n) is 23.9. The summed E-state index contributed by atoms with van der Waals surface area (Å²) in [5, 5.41) is 12.8. The first-order chi connectivity index (χ1) is 20.6. The zero-order chi connectivity index (χ0) is 30.5. The van der Waals surface area contributed by atoms with E-state index in [1.165, 1.54) is 6.07 Å². The van der Waals surface area contributed by atoms with Crippen LogP contribution in [0.2, 0.25) is 10.0 Å². The Morgan fingerprint density at radius 3 is 2.42 bits per heavy atom. The molecule has 7 nitrogen and oxygen atoms in total. The van der Waals surface area contributed by atoms with Crippen molar-refractivity contribution in [2.24, 2.45) is 0 Å². The lowest BCUT2D eigenvalue weighted by atomic mass is 9.55.